The van der Waals surface area contributed by atoms with Gasteiger partial charge in [0.05, 0.1) is 6.61 Å². The molecule has 70 valence electrons. The van der Waals surface area contributed by atoms with Gasteiger partial charge in [-0.15, -0.1) is 0 Å². The van der Waals surface area contributed by atoms with Gasteiger partial charge in [0.25, 0.3) is 0 Å². The SMILES string of the molecule is CCOC(=O)C(C)(C)N[P+](C)=O. The average molecular weight is 192 g/mol. The summed E-state index contributed by atoms with van der Waals surface area (Å²) in [5.41, 5.74) is -0.863. The van der Waals surface area contributed by atoms with Crippen molar-refractivity contribution in [3.63, 3.8) is 0 Å². The number of ether oxygens (including phenoxy) is 1. The Kier molecular flexibility index (Phi) is 4.35. The molecule has 1 N–H and O–H groups in total. The molecule has 0 aliphatic rings. The van der Waals surface area contributed by atoms with Gasteiger partial charge in [-0.05, 0) is 20.8 Å². The van der Waals surface area contributed by atoms with Gasteiger partial charge >= 0.3 is 13.9 Å². The topological polar surface area (TPSA) is 55.4 Å². The number of nitrogens with one attached hydrogen (secondary N) is 1. The van der Waals surface area contributed by atoms with Crippen molar-refractivity contribution in [2.24, 2.45) is 0 Å². The quantitative estimate of drug-likeness (QED) is 0.538. The molecule has 5 heteroatoms. The van der Waals surface area contributed by atoms with Gasteiger partial charge in [-0.1, -0.05) is 9.65 Å². The third-order valence-electron chi connectivity index (χ3n) is 1.22. The van der Waals surface area contributed by atoms with Crippen LogP contribution >= 0.6 is 7.95 Å². The van der Waals surface area contributed by atoms with Crippen molar-refractivity contribution < 1.29 is 14.1 Å². The Morgan fingerprint density at radius 2 is 2.08 bits per heavy atom. The van der Waals surface area contributed by atoms with Crippen LogP contribution in [0.25, 0.3) is 0 Å². The molecule has 0 fully saturated rings. The molecule has 0 rings (SSSR count). The average Bonchev–Trinajstić information content (AvgIpc) is 1.85. The van der Waals surface area contributed by atoms with Crippen LogP contribution in [0, 0.1) is 0 Å². The fourth-order valence-corrected chi connectivity index (χ4v) is 1.63. The lowest BCUT2D eigenvalue weighted by atomic mass is 10.1. The van der Waals surface area contributed by atoms with E-state index in [1.54, 1.807) is 20.8 Å². The lowest BCUT2D eigenvalue weighted by molar-refractivity contribution is -0.148. The maximum atomic E-state index is 11.2. The van der Waals surface area contributed by atoms with Crippen molar-refractivity contribution >= 4 is 13.9 Å². The van der Waals surface area contributed by atoms with Crippen LogP contribution in [0.3, 0.4) is 0 Å². The molecule has 0 aromatic heterocycles. The molecule has 0 aromatic rings. The Morgan fingerprint density at radius 1 is 1.58 bits per heavy atom. The van der Waals surface area contributed by atoms with E-state index in [-0.39, 0.29) is 5.97 Å². The first-order valence-corrected chi connectivity index (χ1v) is 5.46. The highest BCUT2D eigenvalue weighted by Crippen LogP contribution is 2.16. The third kappa shape index (κ3) is 3.79. The Hall–Kier alpha value is -0.470. The van der Waals surface area contributed by atoms with E-state index < -0.39 is 13.5 Å². The summed E-state index contributed by atoms with van der Waals surface area (Å²) >= 11 is 0. The monoisotopic (exact) mass is 192 g/mol. The van der Waals surface area contributed by atoms with Gasteiger partial charge in [0, 0.05) is 0 Å². The van der Waals surface area contributed by atoms with Gasteiger partial charge in [-0.25, -0.2) is 4.79 Å². The lowest BCUT2D eigenvalue weighted by Crippen LogP contribution is -2.44. The first kappa shape index (κ1) is 11.5. The Balaban J connectivity index is 4.18. The van der Waals surface area contributed by atoms with Crippen LogP contribution in [0.2, 0.25) is 0 Å². The fraction of sp³-hybridized carbons (Fsp3) is 0.857. The molecule has 0 bridgehead atoms. The van der Waals surface area contributed by atoms with E-state index in [0.29, 0.717) is 6.61 Å². The number of hydrogen-bond donors (Lipinski definition) is 1. The number of hydrogen-bond acceptors (Lipinski definition) is 3. The van der Waals surface area contributed by atoms with E-state index in [1.807, 2.05) is 0 Å². The molecule has 0 aliphatic heterocycles. The highest BCUT2D eigenvalue weighted by atomic mass is 31.1. The van der Waals surface area contributed by atoms with E-state index in [9.17, 15) is 9.36 Å². The predicted octanol–water partition coefficient (Wildman–Crippen LogP) is 1.29. The highest BCUT2D eigenvalue weighted by Gasteiger charge is 2.34. The summed E-state index contributed by atoms with van der Waals surface area (Å²) < 4.78 is 15.6. The minimum absolute atomic E-state index is 0.338. The first-order valence-electron chi connectivity index (χ1n) is 3.76. The molecular formula is C7H15NO3P+. The summed E-state index contributed by atoms with van der Waals surface area (Å²) in [7, 11) is -1.53. The lowest BCUT2D eigenvalue weighted by Gasteiger charge is -2.16. The second kappa shape index (κ2) is 4.53. The fourth-order valence-electron chi connectivity index (χ4n) is 0.751. The van der Waals surface area contributed by atoms with Crippen LogP contribution in [0.1, 0.15) is 20.8 Å². The van der Waals surface area contributed by atoms with Crippen LogP contribution in [0.4, 0.5) is 0 Å². The Bertz CT molecular complexity index is 191. The summed E-state index contributed by atoms with van der Waals surface area (Å²) in [5, 5.41) is 2.64. The van der Waals surface area contributed by atoms with E-state index in [2.05, 4.69) is 5.09 Å². The number of carbonyl (C=O) groups excluding carboxylic acids is 1. The smallest absolute Gasteiger partial charge is 0.429 e. The Labute approximate surface area is 73.5 Å². The zero-order valence-corrected chi connectivity index (χ0v) is 8.77. The largest absolute Gasteiger partial charge is 0.465 e. The van der Waals surface area contributed by atoms with E-state index in [4.69, 9.17) is 4.74 Å². The number of carbonyl (C=O) groups is 1. The van der Waals surface area contributed by atoms with Gasteiger partial charge in [-0.2, -0.15) is 0 Å². The summed E-state index contributed by atoms with van der Waals surface area (Å²) in [4.78, 5) is 11.2. The second-order valence-corrected chi connectivity index (χ2v) is 4.17. The van der Waals surface area contributed by atoms with Crippen LogP contribution in [-0.4, -0.2) is 24.8 Å². The summed E-state index contributed by atoms with van der Waals surface area (Å²) in [6.45, 7) is 6.87. The molecule has 0 saturated carbocycles. The molecule has 0 amide bonds. The molecule has 0 aromatic carbocycles. The molecule has 4 nitrogen and oxygen atoms in total. The molecule has 0 aliphatic carbocycles. The second-order valence-electron chi connectivity index (χ2n) is 2.95. The molecule has 12 heavy (non-hydrogen) atoms. The third-order valence-corrected chi connectivity index (χ3v) is 2.10. The van der Waals surface area contributed by atoms with Crippen LogP contribution in [-0.2, 0) is 14.1 Å². The van der Waals surface area contributed by atoms with Crippen molar-refractivity contribution in [2.75, 3.05) is 13.3 Å². The first-order chi connectivity index (χ1) is 5.40. The van der Waals surface area contributed by atoms with E-state index in [0.717, 1.165) is 0 Å². The minimum Gasteiger partial charge on any atom is -0.465 e. The van der Waals surface area contributed by atoms with Crippen molar-refractivity contribution in [2.45, 2.75) is 26.3 Å². The van der Waals surface area contributed by atoms with Gasteiger partial charge in [0.1, 0.15) is 0 Å². The summed E-state index contributed by atoms with van der Waals surface area (Å²) in [6, 6.07) is 0. The molecule has 0 spiro atoms. The minimum atomic E-state index is -1.53. The van der Waals surface area contributed by atoms with Crippen LogP contribution < -0.4 is 5.09 Å². The van der Waals surface area contributed by atoms with Crippen molar-refractivity contribution in [1.29, 1.82) is 0 Å². The molecule has 1 atom stereocenters. The van der Waals surface area contributed by atoms with Crippen LogP contribution in [0.15, 0.2) is 0 Å². The van der Waals surface area contributed by atoms with Gasteiger partial charge in [0.2, 0.25) is 0 Å². The summed E-state index contributed by atoms with van der Waals surface area (Å²) in [6.07, 6.45) is 0. The molecule has 0 saturated heterocycles. The van der Waals surface area contributed by atoms with Crippen molar-refractivity contribution in [3.8, 4) is 0 Å². The Morgan fingerprint density at radius 3 is 2.42 bits per heavy atom. The molecule has 1 unspecified atom stereocenters. The zero-order valence-electron chi connectivity index (χ0n) is 7.88. The summed E-state index contributed by atoms with van der Waals surface area (Å²) in [5.74, 6) is -0.379. The maximum Gasteiger partial charge on any atom is 0.429 e. The van der Waals surface area contributed by atoms with Gasteiger partial charge < -0.3 is 4.74 Å². The predicted molar refractivity (Wildman–Crippen MR) is 47.4 cm³/mol. The van der Waals surface area contributed by atoms with Crippen LogP contribution in [0.5, 0.6) is 0 Å². The van der Waals surface area contributed by atoms with E-state index in [1.165, 1.54) is 6.66 Å². The van der Waals surface area contributed by atoms with Crippen molar-refractivity contribution in [3.05, 3.63) is 0 Å². The molecule has 0 radical (unpaired) electrons. The highest BCUT2D eigenvalue weighted by molar-refractivity contribution is 7.41. The maximum absolute atomic E-state index is 11.2. The van der Waals surface area contributed by atoms with Gasteiger partial charge in [-0.3, -0.25) is 0 Å². The van der Waals surface area contributed by atoms with Gasteiger partial charge in [0.15, 0.2) is 12.2 Å². The number of esters is 1. The normalized spacial score (nSPS) is 12.5. The zero-order chi connectivity index (χ0) is 9.78. The molecular weight excluding hydrogens is 177 g/mol. The molecule has 0 heterocycles. The van der Waals surface area contributed by atoms with Crippen molar-refractivity contribution in [1.82, 2.24) is 5.09 Å². The number of rotatable bonds is 4. The standard InChI is InChI=1S/C7H15NO3P/c1-5-11-6(9)7(2,3)8-12(4)10/h5H2,1-4H3,(H,8,10)/q+1. The van der Waals surface area contributed by atoms with E-state index >= 15 is 0 Å².